The number of benzene rings is 1. The number of unbranched alkanes of at least 4 members (excludes halogenated alkanes) is 1. The highest BCUT2D eigenvalue weighted by atomic mass is 31.2. The van der Waals surface area contributed by atoms with Gasteiger partial charge in [0, 0.05) is 5.56 Å². The second-order valence-electron chi connectivity index (χ2n) is 9.25. The van der Waals surface area contributed by atoms with Gasteiger partial charge in [0.05, 0.1) is 6.61 Å². The predicted octanol–water partition coefficient (Wildman–Crippen LogP) is 7.11. The highest BCUT2D eigenvalue weighted by Gasteiger charge is 2.25. The van der Waals surface area contributed by atoms with E-state index in [9.17, 15) is 4.89 Å². The van der Waals surface area contributed by atoms with Gasteiger partial charge in [0.1, 0.15) is 5.75 Å². The molecule has 0 saturated heterocycles. The quantitative estimate of drug-likeness (QED) is 0.462. The largest absolute Gasteiger partial charge is 0.427 e. The van der Waals surface area contributed by atoms with Crippen LogP contribution in [0, 0.1) is 5.92 Å². The molecular weight excluding hydrogens is 343 g/mol. The zero-order valence-electron chi connectivity index (χ0n) is 18.1. The summed E-state index contributed by atoms with van der Waals surface area (Å²) in [6.07, 6.45) is 4.60. The van der Waals surface area contributed by atoms with E-state index < -0.39 is 8.60 Å². The average molecular weight is 383 g/mol. The first-order valence-corrected chi connectivity index (χ1v) is 11.1. The van der Waals surface area contributed by atoms with E-state index in [1.54, 1.807) is 0 Å². The van der Waals surface area contributed by atoms with Crippen LogP contribution in [0.15, 0.2) is 18.2 Å². The Morgan fingerprint density at radius 3 is 2.19 bits per heavy atom. The molecule has 0 aliphatic heterocycles. The summed E-state index contributed by atoms with van der Waals surface area (Å²) in [7, 11) is -1.91. The maximum atomic E-state index is 10.3. The summed E-state index contributed by atoms with van der Waals surface area (Å²) in [4.78, 5) is 10.3. The molecule has 0 aliphatic rings. The van der Waals surface area contributed by atoms with Gasteiger partial charge in [-0.3, -0.25) is 0 Å². The minimum atomic E-state index is -1.91. The van der Waals surface area contributed by atoms with Gasteiger partial charge in [0.15, 0.2) is 0 Å². The molecule has 0 aromatic heterocycles. The molecule has 1 aromatic carbocycles. The van der Waals surface area contributed by atoms with Gasteiger partial charge in [-0.1, -0.05) is 86.8 Å². The Kier molecular flexibility index (Phi) is 9.06. The van der Waals surface area contributed by atoms with Crippen LogP contribution in [0.3, 0.4) is 0 Å². The van der Waals surface area contributed by atoms with E-state index in [-0.39, 0.29) is 10.8 Å². The number of rotatable bonds is 9. The van der Waals surface area contributed by atoms with Crippen LogP contribution in [0.5, 0.6) is 5.75 Å². The van der Waals surface area contributed by atoms with Crippen molar-refractivity contribution in [3.05, 3.63) is 29.3 Å². The molecule has 1 aromatic rings. The molecule has 0 radical (unpaired) electrons. The Hall–Kier alpha value is -0.630. The third-order valence-electron chi connectivity index (χ3n) is 4.79. The standard InChI is InChI=1S/C22H39O3P/c1-9-11-12-17(10-2)16-24-26(23)25-20-14-13-18(21(3,4)5)15-19(20)22(6,7)8/h13-15,17,23H,9-12,16H2,1-8H3. The van der Waals surface area contributed by atoms with Crippen LogP contribution in [0.4, 0.5) is 0 Å². The molecule has 0 amide bonds. The Bertz CT molecular complexity index is 543. The maximum absolute atomic E-state index is 10.3. The van der Waals surface area contributed by atoms with Crippen molar-refractivity contribution in [3.63, 3.8) is 0 Å². The fraction of sp³-hybridized carbons (Fsp3) is 0.727. The molecule has 1 rings (SSSR count). The summed E-state index contributed by atoms with van der Waals surface area (Å²) >= 11 is 0. The molecule has 0 saturated carbocycles. The van der Waals surface area contributed by atoms with Crippen molar-refractivity contribution in [1.29, 1.82) is 0 Å². The van der Waals surface area contributed by atoms with Crippen LogP contribution >= 0.6 is 8.60 Å². The van der Waals surface area contributed by atoms with E-state index in [0.717, 1.165) is 24.2 Å². The Morgan fingerprint density at radius 2 is 1.69 bits per heavy atom. The van der Waals surface area contributed by atoms with Crippen LogP contribution in [-0.4, -0.2) is 11.5 Å². The first-order valence-electron chi connectivity index (χ1n) is 9.93. The van der Waals surface area contributed by atoms with E-state index in [4.69, 9.17) is 9.05 Å². The van der Waals surface area contributed by atoms with E-state index >= 15 is 0 Å². The van der Waals surface area contributed by atoms with Gasteiger partial charge in [-0.05, 0) is 34.8 Å². The minimum Gasteiger partial charge on any atom is -0.427 e. The summed E-state index contributed by atoms with van der Waals surface area (Å²) < 4.78 is 11.5. The second-order valence-corrected chi connectivity index (χ2v) is 10.2. The highest BCUT2D eigenvalue weighted by molar-refractivity contribution is 7.41. The van der Waals surface area contributed by atoms with E-state index in [1.165, 1.54) is 18.4 Å². The van der Waals surface area contributed by atoms with Crippen molar-refractivity contribution in [2.24, 2.45) is 5.92 Å². The molecule has 1 N–H and O–H groups in total. The third-order valence-corrected chi connectivity index (χ3v) is 5.52. The van der Waals surface area contributed by atoms with Crippen LogP contribution in [0.25, 0.3) is 0 Å². The fourth-order valence-electron chi connectivity index (χ4n) is 2.84. The van der Waals surface area contributed by atoms with Crippen LogP contribution in [0.1, 0.15) is 92.2 Å². The third kappa shape index (κ3) is 7.55. The molecule has 2 atom stereocenters. The lowest BCUT2D eigenvalue weighted by Crippen LogP contribution is -2.17. The number of hydrogen-bond donors (Lipinski definition) is 1. The van der Waals surface area contributed by atoms with Crippen molar-refractivity contribution in [1.82, 2.24) is 0 Å². The Labute approximate surface area is 162 Å². The summed E-state index contributed by atoms with van der Waals surface area (Å²) in [6.45, 7) is 18.1. The van der Waals surface area contributed by atoms with Gasteiger partial charge in [0.25, 0.3) is 0 Å². The van der Waals surface area contributed by atoms with Gasteiger partial charge in [-0.2, -0.15) is 0 Å². The molecule has 4 heteroatoms. The molecule has 3 nitrogen and oxygen atoms in total. The van der Waals surface area contributed by atoms with Crippen LogP contribution in [0.2, 0.25) is 0 Å². The minimum absolute atomic E-state index is 0.0696. The van der Waals surface area contributed by atoms with Crippen molar-refractivity contribution < 1.29 is 13.9 Å². The van der Waals surface area contributed by atoms with Crippen LogP contribution in [-0.2, 0) is 15.4 Å². The van der Waals surface area contributed by atoms with Crippen LogP contribution < -0.4 is 4.52 Å². The predicted molar refractivity (Wildman–Crippen MR) is 113 cm³/mol. The van der Waals surface area contributed by atoms with Gasteiger partial charge in [-0.15, -0.1) is 0 Å². The fourth-order valence-corrected chi connectivity index (χ4v) is 3.56. The van der Waals surface area contributed by atoms with Gasteiger partial charge < -0.3 is 13.9 Å². The Balaban J connectivity index is 2.85. The molecule has 0 fully saturated rings. The van der Waals surface area contributed by atoms with Crippen molar-refractivity contribution in [2.45, 2.75) is 91.9 Å². The van der Waals surface area contributed by atoms with Crippen molar-refractivity contribution >= 4 is 8.60 Å². The average Bonchev–Trinajstić information content (AvgIpc) is 2.53. The van der Waals surface area contributed by atoms with Gasteiger partial charge >= 0.3 is 8.60 Å². The first-order chi connectivity index (χ1) is 12.0. The lowest BCUT2D eigenvalue weighted by atomic mass is 9.80. The normalized spacial score (nSPS) is 15.0. The summed E-state index contributed by atoms with van der Waals surface area (Å²) in [6, 6.07) is 6.27. The molecule has 0 spiro atoms. The molecular formula is C22H39O3P. The lowest BCUT2D eigenvalue weighted by Gasteiger charge is -2.27. The second kappa shape index (κ2) is 10.1. The van der Waals surface area contributed by atoms with E-state index in [0.29, 0.717) is 12.5 Å². The molecule has 0 heterocycles. The summed E-state index contributed by atoms with van der Waals surface area (Å²) in [5, 5.41) is 0. The van der Waals surface area contributed by atoms with Gasteiger partial charge in [0.2, 0.25) is 0 Å². The molecule has 150 valence electrons. The Morgan fingerprint density at radius 1 is 1.04 bits per heavy atom. The SMILES string of the molecule is CCCCC(CC)COP(O)Oc1ccc(C(C)(C)C)cc1C(C)(C)C. The molecule has 26 heavy (non-hydrogen) atoms. The lowest BCUT2D eigenvalue weighted by molar-refractivity contribution is 0.204. The smallest absolute Gasteiger partial charge is 0.394 e. The molecule has 0 aliphatic carbocycles. The van der Waals surface area contributed by atoms with E-state index in [1.807, 2.05) is 6.07 Å². The highest BCUT2D eigenvalue weighted by Crippen LogP contribution is 2.42. The molecule has 2 unspecified atom stereocenters. The zero-order chi connectivity index (χ0) is 20.0. The van der Waals surface area contributed by atoms with Gasteiger partial charge in [-0.25, -0.2) is 0 Å². The number of hydrogen-bond acceptors (Lipinski definition) is 3. The van der Waals surface area contributed by atoms with Crippen molar-refractivity contribution in [3.8, 4) is 5.75 Å². The van der Waals surface area contributed by atoms with Crippen molar-refractivity contribution in [2.75, 3.05) is 6.61 Å². The summed E-state index contributed by atoms with van der Waals surface area (Å²) in [5.74, 6) is 1.21. The zero-order valence-corrected chi connectivity index (χ0v) is 19.0. The molecule has 0 bridgehead atoms. The topological polar surface area (TPSA) is 38.7 Å². The summed E-state index contributed by atoms with van der Waals surface area (Å²) in [5.41, 5.74) is 2.38. The monoisotopic (exact) mass is 382 g/mol. The van der Waals surface area contributed by atoms with E-state index in [2.05, 4.69) is 67.5 Å². The maximum Gasteiger partial charge on any atom is 0.394 e. The first kappa shape index (κ1) is 23.4.